The number of anilines is 1. The van der Waals surface area contributed by atoms with Crippen LogP contribution in [0.1, 0.15) is 28.9 Å². The van der Waals surface area contributed by atoms with Gasteiger partial charge in [0.15, 0.2) is 11.5 Å². The number of carbonyl (C=O) groups is 1. The normalized spacial score (nSPS) is 13.3. The maximum atomic E-state index is 14.9. The Kier molecular flexibility index (Phi) is 5.05. The first-order valence-corrected chi connectivity index (χ1v) is 11.3. The fourth-order valence-corrected chi connectivity index (χ4v) is 3.97. The third-order valence-electron chi connectivity index (χ3n) is 6.09. The number of nitrogens with zero attached hydrogens (tertiary/aromatic N) is 5. The lowest BCUT2D eigenvalue weighted by molar-refractivity contribution is 0.0947. The van der Waals surface area contributed by atoms with Crippen LogP contribution in [-0.2, 0) is 13.6 Å². The SMILES string of the molecule is Cn1nccc1CNc1nc(-c2ccoc2)cn2c(-c3ccc(C(=O)NC4CC4)c(F)c3)cnc12. The molecule has 1 saturated carbocycles. The van der Waals surface area contributed by atoms with Crippen LogP contribution in [0.5, 0.6) is 0 Å². The van der Waals surface area contributed by atoms with E-state index in [1.807, 2.05) is 29.8 Å². The van der Waals surface area contributed by atoms with Gasteiger partial charge in [0.2, 0.25) is 0 Å². The molecule has 35 heavy (non-hydrogen) atoms. The highest BCUT2D eigenvalue weighted by Gasteiger charge is 2.25. The molecule has 0 aliphatic heterocycles. The van der Waals surface area contributed by atoms with Gasteiger partial charge in [0, 0.05) is 36.6 Å². The molecule has 0 spiro atoms. The quantitative estimate of drug-likeness (QED) is 0.372. The number of furan rings is 1. The summed E-state index contributed by atoms with van der Waals surface area (Å²) < 4.78 is 23.8. The van der Waals surface area contributed by atoms with Gasteiger partial charge >= 0.3 is 0 Å². The molecule has 4 aromatic heterocycles. The van der Waals surface area contributed by atoms with Crippen LogP contribution in [0, 0.1) is 5.82 Å². The summed E-state index contributed by atoms with van der Waals surface area (Å²) in [6.45, 7) is 0.496. The topological polar surface area (TPSA) is 102 Å². The zero-order valence-corrected chi connectivity index (χ0v) is 18.9. The van der Waals surface area contributed by atoms with Crippen molar-refractivity contribution in [2.75, 3.05) is 5.32 Å². The Bertz CT molecular complexity index is 1530. The Morgan fingerprint density at radius 1 is 1.23 bits per heavy atom. The van der Waals surface area contributed by atoms with E-state index in [0.717, 1.165) is 24.1 Å². The molecule has 1 fully saturated rings. The van der Waals surface area contributed by atoms with Crippen molar-refractivity contribution in [2.45, 2.75) is 25.4 Å². The molecule has 2 N–H and O–H groups in total. The average Bonchev–Trinajstić information content (AvgIpc) is 3.22. The molecule has 4 heterocycles. The summed E-state index contributed by atoms with van der Waals surface area (Å²) in [5, 5.41) is 10.4. The number of aromatic nitrogens is 5. The second-order valence-corrected chi connectivity index (χ2v) is 8.57. The Morgan fingerprint density at radius 3 is 2.83 bits per heavy atom. The van der Waals surface area contributed by atoms with Crippen LogP contribution < -0.4 is 10.6 Å². The van der Waals surface area contributed by atoms with Crippen molar-refractivity contribution in [3.63, 3.8) is 0 Å². The van der Waals surface area contributed by atoms with E-state index in [1.54, 1.807) is 35.7 Å². The summed E-state index contributed by atoms with van der Waals surface area (Å²) in [5.41, 5.74) is 4.34. The summed E-state index contributed by atoms with van der Waals surface area (Å²) in [6.07, 6.45) is 10.3. The van der Waals surface area contributed by atoms with Crippen molar-refractivity contribution in [1.82, 2.24) is 29.5 Å². The minimum atomic E-state index is -0.575. The van der Waals surface area contributed by atoms with Gasteiger partial charge in [-0.15, -0.1) is 0 Å². The number of halogens is 1. The van der Waals surface area contributed by atoms with Gasteiger partial charge < -0.3 is 15.1 Å². The average molecular weight is 471 g/mol. The van der Waals surface area contributed by atoms with Crippen LogP contribution in [0.2, 0.25) is 0 Å². The second kappa shape index (κ2) is 8.39. The molecule has 0 atom stereocenters. The molecule has 1 amide bonds. The lowest BCUT2D eigenvalue weighted by atomic mass is 10.1. The maximum Gasteiger partial charge on any atom is 0.254 e. The largest absolute Gasteiger partial charge is 0.472 e. The summed E-state index contributed by atoms with van der Waals surface area (Å²) in [5.74, 6) is -0.394. The van der Waals surface area contributed by atoms with Gasteiger partial charge in [-0.05, 0) is 37.1 Å². The number of carbonyl (C=O) groups excluding carboxylic acids is 1. The molecule has 9 nitrogen and oxygen atoms in total. The van der Waals surface area contributed by atoms with Crippen LogP contribution in [-0.4, -0.2) is 36.1 Å². The lowest BCUT2D eigenvalue weighted by Crippen LogP contribution is -2.26. The van der Waals surface area contributed by atoms with Crippen LogP contribution in [0.4, 0.5) is 10.2 Å². The number of hydrogen-bond acceptors (Lipinski definition) is 6. The number of fused-ring (bicyclic) bond motifs is 1. The molecule has 1 aliphatic carbocycles. The molecule has 5 aromatic rings. The molecule has 0 saturated heterocycles. The first-order valence-electron chi connectivity index (χ1n) is 11.3. The number of rotatable bonds is 7. The van der Waals surface area contributed by atoms with Crippen molar-refractivity contribution >= 4 is 17.4 Å². The van der Waals surface area contributed by atoms with Crippen molar-refractivity contribution < 1.29 is 13.6 Å². The smallest absolute Gasteiger partial charge is 0.254 e. The molecule has 176 valence electrons. The van der Waals surface area contributed by atoms with E-state index < -0.39 is 5.82 Å². The zero-order valence-electron chi connectivity index (χ0n) is 18.9. The minimum absolute atomic E-state index is 0.0359. The van der Waals surface area contributed by atoms with Gasteiger partial charge in [-0.1, -0.05) is 6.07 Å². The predicted octanol–water partition coefficient (Wildman–Crippen LogP) is 4.03. The van der Waals surface area contributed by atoms with Crippen molar-refractivity contribution in [3.8, 4) is 22.5 Å². The molecule has 10 heteroatoms. The predicted molar refractivity (Wildman–Crippen MR) is 127 cm³/mol. The Labute approximate surface area is 199 Å². The summed E-state index contributed by atoms with van der Waals surface area (Å²) in [7, 11) is 1.87. The van der Waals surface area contributed by atoms with E-state index >= 15 is 0 Å². The summed E-state index contributed by atoms with van der Waals surface area (Å²) in [4.78, 5) is 21.7. The van der Waals surface area contributed by atoms with Crippen LogP contribution >= 0.6 is 0 Å². The molecule has 1 aromatic carbocycles. The number of nitrogens with one attached hydrogen (secondary N) is 2. The highest BCUT2D eigenvalue weighted by molar-refractivity contribution is 5.95. The Morgan fingerprint density at radius 2 is 2.11 bits per heavy atom. The lowest BCUT2D eigenvalue weighted by Gasteiger charge is -2.11. The van der Waals surface area contributed by atoms with Gasteiger partial charge in [0.05, 0.1) is 47.9 Å². The monoisotopic (exact) mass is 471 g/mol. The molecule has 0 radical (unpaired) electrons. The van der Waals surface area contributed by atoms with Crippen molar-refractivity contribution in [1.29, 1.82) is 0 Å². The molecule has 0 bridgehead atoms. The number of amides is 1. The number of benzene rings is 1. The minimum Gasteiger partial charge on any atom is -0.472 e. The van der Waals surface area contributed by atoms with Gasteiger partial charge in [-0.3, -0.25) is 13.9 Å². The van der Waals surface area contributed by atoms with Gasteiger partial charge in [0.1, 0.15) is 5.82 Å². The van der Waals surface area contributed by atoms with Crippen LogP contribution in [0.15, 0.2) is 65.9 Å². The fraction of sp³-hybridized carbons (Fsp3) is 0.200. The number of hydrogen-bond donors (Lipinski definition) is 2. The van der Waals surface area contributed by atoms with Crippen LogP contribution in [0.25, 0.3) is 28.2 Å². The fourth-order valence-electron chi connectivity index (χ4n) is 3.97. The van der Waals surface area contributed by atoms with E-state index in [4.69, 9.17) is 9.40 Å². The maximum absolute atomic E-state index is 14.9. The molecule has 0 unspecified atom stereocenters. The molecule has 6 rings (SSSR count). The van der Waals surface area contributed by atoms with Gasteiger partial charge in [0.25, 0.3) is 5.91 Å². The second-order valence-electron chi connectivity index (χ2n) is 8.57. The number of aryl methyl sites for hydroxylation is 1. The van der Waals surface area contributed by atoms with Crippen molar-refractivity contribution in [2.24, 2.45) is 7.05 Å². The van der Waals surface area contributed by atoms with E-state index in [0.29, 0.717) is 35.0 Å². The third-order valence-corrected chi connectivity index (χ3v) is 6.09. The van der Waals surface area contributed by atoms with Crippen LogP contribution in [0.3, 0.4) is 0 Å². The van der Waals surface area contributed by atoms with Gasteiger partial charge in [-0.2, -0.15) is 5.10 Å². The Hall–Kier alpha value is -4.47. The molecular formula is C25H22FN7O2. The Balaban J connectivity index is 1.40. The highest BCUT2D eigenvalue weighted by Crippen LogP contribution is 2.29. The molecule has 1 aliphatic rings. The zero-order chi connectivity index (χ0) is 23.9. The third kappa shape index (κ3) is 4.03. The summed E-state index contributed by atoms with van der Waals surface area (Å²) in [6, 6.07) is 8.52. The van der Waals surface area contributed by atoms with Gasteiger partial charge in [-0.25, -0.2) is 14.4 Å². The van der Waals surface area contributed by atoms with E-state index in [-0.39, 0.29) is 17.5 Å². The molecular weight excluding hydrogens is 449 g/mol. The summed E-state index contributed by atoms with van der Waals surface area (Å²) >= 11 is 0. The number of imidazole rings is 1. The first-order chi connectivity index (χ1) is 17.1. The van der Waals surface area contributed by atoms with Crippen molar-refractivity contribution in [3.05, 3.63) is 78.5 Å². The highest BCUT2D eigenvalue weighted by atomic mass is 19.1. The van der Waals surface area contributed by atoms with E-state index in [1.165, 1.54) is 12.1 Å². The standard InChI is InChI=1S/C25H22FN7O2/c1-32-18(6-8-29-32)11-27-23-24-28-12-22(33(24)13-21(31-23)16-7-9-35-14-16)15-2-5-19(20(26)10-15)25(34)30-17-3-4-17/h2,5-10,12-14,17H,3-4,11H2,1H3,(H,27,31)(H,30,34). The van der Waals surface area contributed by atoms with E-state index in [2.05, 4.69) is 20.7 Å². The first kappa shape index (κ1) is 21.1. The van der Waals surface area contributed by atoms with E-state index in [9.17, 15) is 9.18 Å².